The summed E-state index contributed by atoms with van der Waals surface area (Å²) in [6, 6.07) is 9.48. The molecule has 0 aliphatic carbocycles. The highest BCUT2D eigenvalue weighted by Crippen LogP contribution is 2.33. The van der Waals surface area contributed by atoms with Crippen molar-refractivity contribution in [1.29, 1.82) is 0 Å². The number of hydrogen-bond acceptors (Lipinski definition) is 3. The number of ether oxygens (including phenoxy) is 1. The fourth-order valence-corrected chi connectivity index (χ4v) is 2.96. The summed E-state index contributed by atoms with van der Waals surface area (Å²) in [6.07, 6.45) is 1.70. The average Bonchev–Trinajstić information content (AvgIpc) is 2.83. The quantitative estimate of drug-likeness (QED) is 0.920. The Kier molecular flexibility index (Phi) is 4.65. The molecule has 1 aliphatic rings. The molecule has 4 heteroatoms. The van der Waals surface area contributed by atoms with Crippen molar-refractivity contribution in [2.75, 3.05) is 6.54 Å². The second-order valence-corrected chi connectivity index (χ2v) is 5.36. The Balaban J connectivity index is 1.96. The molecule has 1 fully saturated rings. The van der Waals surface area contributed by atoms with Gasteiger partial charge in [0.05, 0.1) is 11.6 Å². The summed E-state index contributed by atoms with van der Waals surface area (Å²) in [6.45, 7) is 4.79. The van der Waals surface area contributed by atoms with Crippen molar-refractivity contribution in [3.8, 4) is 0 Å². The van der Waals surface area contributed by atoms with Crippen LogP contribution in [0.2, 0.25) is 0 Å². The second kappa shape index (κ2) is 6.27. The van der Waals surface area contributed by atoms with Crippen molar-refractivity contribution in [2.24, 2.45) is 0 Å². The van der Waals surface area contributed by atoms with Crippen molar-refractivity contribution in [1.82, 2.24) is 4.90 Å². The lowest BCUT2D eigenvalue weighted by atomic mass is 9.90. The molecule has 0 saturated carbocycles. The van der Waals surface area contributed by atoms with Gasteiger partial charge in [0, 0.05) is 6.54 Å². The first-order valence-electron chi connectivity index (χ1n) is 7.30. The van der Waals surface area contributed by atoms with Crippen molar-refractivity contribution in [3.63, 3.8) is 0 Å². The lowest BCUT2D eigenvalue weighted by Crippen LogP contribution is -2.46. The van der Waals surface area contributed by atoms with Gasteiger partial charge in [-0.1, -0.05) is 44.2 Å². The summed E-state index contributed by atoms with van der Waals surface area (Å²) in [5.74, 6) is 0. The molecule has 1 amide bonds. The Morgan fingerprint density at radius 2 is 2.10 bits per heavy atom. The summed E-state index contributed by atoms with van der Waals surface area (Å²) in [7, 11) is 0. The van der Waals surface area contributed by atoms with Crippen LogP contribution in [-0.2, 0) is 11.3 Å². The number of hydrogen-bond donors (Lipinski definition) is 1. The molecule has 0 aromatic heterocycles. The topological polar surface area (TPSA) is 49.8 Å². The molecule has 1 aromatic rings. The molecule has 0 bridgehead atoms. The van der Waals surface area contributed by atoms with Crippen LogP contribution >= 0.6 is 0 Å². The van der Waals surface area contributed by atoms with Crippen LogP contribution in [-0.4, -0.2) is 34.3 Å². The first-order valence-corrected chi connectivity index (χ1v) is 7.30. The summed E-state index contributed by atoms with van der Waals surface area (Å²) < 4.78 is 5.36. The van der Waals surface area contributed by atoms with Crippen molar-refractivity contribution >= 4 is 6.09 Å². The zero-order chi connectivity index (χ0) is 14.6. The summed E-state index contributed by atoms with van der Waals surface area (Å²) in [5, 5.41) is 10.5. The van der Waals surface area contributed by atoms with E-state index in [1.54, 1.807) is 4.90 Å². The number of benzene rings is 1. The largest absolute Gasteiger partial charge is 0.445 e. The van der Waals surface area contributed by atoms with Gasteiger partial charge in [0.25, 0.3) is 0 Å². The number of carbonyl (C=O) groups is 1. The van der Waals surface area contributed by atoms with Crippen molar-refractivity contribution in [2.45, 2.75) is 51.4 Å². The van der Waals surface area contributed by atoms with Crippen LogP contribution < -0.4 is 0 Å². The fraction of sp³-hybridized carbons (Fsp3) is 0.562. The van der Waals surface area contributed by atoms with Crippen LogP contribution in [0.15, 0.2) is 30.3 Å². The third kappa shape index (κ3) is 2.96. The molecule has 1 heterocycles. The number of carbonyl (C=O) groups excluding carboxylic acids is 1. The highest BCUT2D eigenvalue weighted by atomic mass is 16.6. The van der Waals surface area contributed by atoms with E-state index in [2.05, 4.69) is 0 Å². The number of amides is 1. The van der Waals surface area contributed by atoms with Gasteiger partial charge in [0.1, 0.15) is 6.61 Å². The molecule has 1 saturated heterocycles. The summed E-state index contributed by atoms with van der Waals surface area (Å²) in [4.78, 5) is 13.9. The highest BCUT2D eigenvalue weighted by molar-refractivity contribution is 5.68. The Hall–Kier alpha value is -1.55. The summed E-state index contributed by atoms with van der Waals surface area (Å²) in [5.41, 5.74) is 0.208. The zero-order valence-electron chi connectivity index (χ0n) is 12.2. The van der Waals surface area contributed by atoms with Crippen LogP contribution in [0.1, 0.15) is 38.7 Å². The van der Waals surface area contributed by atoms with Gasteiger partial charge in [0.15, 0.2) is 0 Å². The number of aliphatic hydroxyl groups is 1. The van der Waals surface area contributed by atoms with E-state index in [9.17, 15) is 9.90 Å². The monoisotopic (exact) mass is 277 g/mol. The van der Waals surface area contributed by atoms with E-state index in [1.807, 2.05) is 44.2 Å². The minimum Gasteiger partial charge on any atom is -0.445 e. The minimum absolute atomic E-state index is 0.143. The van der Waals surface area contributed by atoms with E-state index in [-0.39, 0.29) is 18.7 Å². The van der Waals surface area contributed by atoms with Gasteiger partial charge < -0.3 is 14.7 Å². The average molecular weight is 277 g/mol. The van der Waals surface area contributed by atoms with Gasteiger partial charge in [0.2, 0.25) is 0 Å². The fourth-order valence-electron chi connectivity index (χ4n) is 2.96. The van der Waals surface area contributed by atoms with E-state index < -0.39 is 5.60 Å². The van der Waals surface area contributed by atoms with E-state index in [1.165, 1.54) is 0 Å². The maximum atomic E-state index is 12.2. The molecule has 20 heavy (non-hydrogen) atoms. The molecular weight excluding hydrogens is 254 g/mol. The Bertz CT molecular complexity index is 448. The maximum absolute atomic E-state index is 12.2. The van der Waals surface area contributed by atoms with Crippen LogP contribution in [0.25, 0.3) is 0 Å². The standard InChI is InChI=1S/C16H23NO3/c1-3-14-16(19,4-2)10-11-17(14)15(18)20-12-13-8-6-5-7-9-13/h5-9,14,19H,3-4,10-12H2,1-2H3/t14-,16?/m0/s1. The predicted molar refractivity (Wildman–Crippen MR) is 77.3 cm³/mol. The number of rotatable bonds is 4. The van der Waals surface area contributed by atoms with E-state index in [0.29, 0.717) is 19.4 Å². The van der Waals surface area contributed by atoms with Gasteiger partial charge in [-0.2, -0.15) is 0 Å². The molecule has 2 rings (SSSR count). The van der Waals surface area contributed by atoms with Crippen LogP contribution in [0.3, 0.4) is 0 Å². The highest BCUT2D eigenvalue weighted by Gasteiger charge is 2.46. The van der Waals surface area contributed by atoms with Crippen LogP contribution in [0, 0.1) is 0 Å². The van der Waals surface area contributed by atoms with Gasteiger partial charge in [-0.15, -0.1) is 0 Å². The zero-order valence-corrected chi connectivity index (χ0v) is 12.2. The Labute approximate surface area is 120 Å². The maximum Gasteiger partial charge on any atom is 0.410 e. The molecule has 4 nitrogen and oxygen atoms in total. The van der Waals surface area contributed by atoms with Gasteiger partial charge in [-0.3, -0.25) is 0 Å². The lowest BCUT2D eigenvalue weighted by molar-refractivity contribution is -0.00364. The van der Waals surface area contributed by atoms with E-state index in [0.717, 1.165) is 12.0 Å². The van der Waals surface area contributed by atoms with Gasteiger partial charge in [-0.25, -0.2) is 4.79 Å². The third-order valence-electron chi connectivity index (χ3n) is 4.22. The molecule has 110 valence electrons. The lowest BCUT2D eigenvalue weighted by Gasteiger charge is -2.32. The first kappa shape index (κ1) is 14.9. The Morgan fingerprint density at radius 1 is 1.40 bits per heavy atom. The smallest absolute Gasteiger partial charge is 0.410 e. The number of nitrogens with zero attached hydrogens (tertiary/aromatic N) is 1. The molecule has 0 spiro atoms. The SMILES string of the molecule is CC[C@@H]1N(C(=O)OCc2ccccc2)CCC1(O)CC. The normalized spacial score (nSPS) is 25.8. The minimum atomic E-state index is -0.763. The third-order valence-corrected chi connectivity index (χ3v) is 4.22. The van der Waals surface area contributed by atoms with Gasteiger partial charge >= 0.3 is 6.09 Å². The molecule has 1 unspecified atom stereocenters. The molecule has 1 aromatic carbocycles. The Morgan fingerprint density at radius 3 is 2.70 bits per heavy atom. The van der Waals surface area contributed by atoms with Crippen molar-refractivity contribution in [3.05, 3.63) is 35.9 Å². The molecular formula is C16H23NO3. The predicted octanol–water partition coefficient (Wildman–Crippen LogP) is 2.95. The van der Waals surface area contributed by atoms with Crippen molar-refractivity contribution < 1.29 is 14.6 Å². The number of likely N-dealkylation sites (tertiary alicyclic amines) is 1. The van der Waals surface area contributed by atoms with Crippen LogP contribution in [0.5, 0.6) is 0 Å². The van der Waals surface area contributed by atoms with Gasteiger partial charge in [-0.05, 0) is 24.8 Å². The molecule has 1 N–H and O–H groups in total. The molecule has 1 aliphatic heterocycles. The van der Waals surface area contributed by atoms with Crippen LogP contribution in [0.4, 0.5) is 4.79 Å². The molecule has 2 atom stereocenters. The van der Waals surface area contributed by atoms with E-state index in [4.69, 9.17) is 4.74 Å². The second-order valence-electron chi connectivity index (χ2n) is 5.36. The summed E-state index contributed by atoms with van der Waals surface area (Å²) >= 11 is 0. The van der Waals surface area contributed by atoms with E-state index >= 15 is 0 Å². The molecule has 0 radical (unpaired) electrons. The first-order chi connectivity index (χ1) is 9.60.